The monoisotopic (exact) mass is 253 g/mol. The van der Waals surface area contributed by atoms with E-state index < -0.39 is 5.97 Å². The molecule has 18 heavy (non-hydrogen) atoms. The van der Waals surface area contributed by atoms with Gasteiger partial charge in [-0.2, -0.15) is 5.10 Å². The zero-order valence-corrected chi connectivity index (χ0v) is 10.7. The number of carbonyl (C=O) groups is 1. The molecular weight excluding hydrogens is 234 g/mol. The minimum atomic E-state index is -0.930. The summed E-state index contributed by atoms with van der Waals surface area (Å²) < 4.78 is 6.92. The molecule has 1 aliphatic carbocycles. The molecule has 6 heteroatoms. The van der Waals surface area contributed by atoms with Crippen LogP contribution in [-0.2, 0) is 18.3 Å². The summed E-state index contributed by atoms with van der Waals surface area (Å²) in [5.74, 6) is -0.930. The van der Waals surface area contributed by atoms with E-state index in [1.54, 1.807) is 18.8 Å². The Kier molecular flexibility index (Phi) is 3.98. The van der Waals surface area contributed by atoms with Gasteiger partial charge in [0.05, 0.1) is 18.0 Å². The summed E-state index contributed by atoms with van der Waals surface area (Å²) in [5, 5.41) is 16.4. The average molecular weight is 253 g/mol. The van der Waals surface area contributed by atoms with Crippen LogP contribution in [-0.4, -0.2) is 40.1 Å². The first-order chi connectivity index (χ1) is 8.61. The van der Waals surface area contributed by atoms with E-state index in [0.717, 1.165) is 19.3 Å². The number of carboxylic acids is 1. The largest absolute Gasteiger partial charge is 0.478 e. The van der Waals surface area contributed by atoms with Gasteiger partial charge in [0, 0.05) is 26.7 Å². The van der Waals surface area contributed by atoms with Crippen molar-refractivity contribution >= 4 is 5.97 Å². The van der Waals surface area contributed by atoms with Gasteiger partial charge in [0.25, 0.3) is 0 Å². The molecule has 0 radical (unpaired) electrons. The van der Waals surface area contributed by atoms with Gasteiger partial charge in [-0.25, -0.2) is 4.79 Å². The summed E-state index contributed by atoms with van der Waals surface area (Å²) in [4.78, 5) is 11.0. The van der Waals surface area contributed by atoms with Crippen molar-refractivity contribution in [3.05, 3.63) is 17.5 Å². The van der Waals surface area contributed by atoms with Crippen LogP contribution in [0.5, 0.6) is 0 Å². The van der Waals surface area contributed by atoms with Gasteiger partial charge in [-0.3, -0.25) is 4.68 Å². The van der Waals surface area contributed by atoms with E-state index in [2.05, 4.69) is 10.4 Å². The Balaban J connectivity index is 1.94. The van der Waals surface area contributed by atoms with Crippen LogP contribution < -0.4 is 5.32 Å². The molecule has 1 saturated carbocycles. The predicted octanol–water partition coefficient (Wildman–Crippen LogP) is 0.775. The zero-order chi connectivity index (χ0) is 13.1. The van der Waals surface area contributed by atoms with Crippen molar-refractivity contribution in [2.45, 2.75) is 38.0 Å². The van der Waals surface area contributed by atoms with Crippen molar-refractivity contribution in [3.63, 3.8) is 0 Å². The zero-order valence-electron chi connectivity index (χ0n) is 10.7. The van der Waals surface area contributed by atoms with Crippen molar-refractivity contribution in [3.8, 4) is 0 Å². The molecule has 2 N–H and O–H groups in total. The van der Waals surface area contributed by atoms with E-state index in [4.69, 9.17) is 9.84 Å². The Hall–Kier alpha value is -1.40. The number of carboxylic acid groups (broad SMARTS) is 1. The van der Waals surface area contributed by atoms with Gasteiger partial charge >= 0.3 is 5.97 Å². The van der Waals surface area contributed by atoms with Gasteiger partial charge in [-0.1, -0.05) is 0 Å². The highest BCUT2D eigenvalue weighted by atomic mass is 16.5. The fourth-order valence-corrected chi connectivity index (χ4v) is 2.43. The topological polar surface area (TPSA) is 76.4 Å². The summed E-state index contributed by atoms with van der Waals surface area (Å²) in [6.45, 7) is 0.527. The number of aromatic carboxylic acids is 1. The number of ether oxygens (including phenoxy) is 1. The van der Waals surface area contributed by atoms with Crippen molar-refractivity contribution < 1.29 is 14.6 Å². The van der Waals surface area contributed by atoms with E-state index >= 15 is 0 Å². The first-order valence-corrected chi connectivity index (χ1v) is 6.12. The maximum atomic E-state index is 11.0. The molecule has 2 atom stereocenters. The molecule has 0 spiro atoms. The van der Waals surface area contributed by atoms with Crippen LogP contribution in [0.15, 0.2) is 6.20 Å². The van der Waals surface area contributed by atoms with E-state index in [1.165, 1.54) is 6.20 Å². The second kappa shape index (κ2) is 5.49. The van der Waals surface area contributed by atoms with Crippen molar-refractivity contribution in [1.29, 1.82) is 0 Å². The number of aromatic nitrogens is 2. The summed E-state index contributed by atoms with van der Waals surface area (Å²) in [6, 6.07) is 0.395. The molecule has 0 amide bonds. The number of nitrogens with one attached hydrogen (secondary N) is 1. The van der Waals surface area contributed by atoms with Crippen molar-refractivity contribution in [2.75, 3.05) is 7.11 Å². The molecule has 1 aromatic rings. The van der Waals surface area contributed by atoms with E-state index in [-0.39, 0.29) is 5.56 Å². The number of hydrogen-bond acceptors (Lipinski definition) is 4. The lowest BCUT2D eigenvalue weighted by molar-refractivity contribution is 0.0695. The molecule has 0 saturated heterocycles. The SMILES string of the molecule is COC1CCC(NCc2c(C(=O)O)cnn2C)C1. The van der Waals surface area contributed by atoms with Gasteiger partial charge in [0.2, 0.25) is 0 Å². The van der Waals surface area contributed by atoms with E-state index in [1.807, 2.05) is 0 Å². The Morgan fingerprint density at radius 3 is 3.06 bits per heavy atom. The Labute approximate surface area is 106 Å². The smallest absolute Gasteiger partial charge is 0.339 e. The number of methoxy groups -OCH3 is 1. The van der Waals surface area contributed by atoms with Gasteiger partial charge in [-0.05, 0) is 19.3 Å². The average Bonchev–Trinajstić information content (AvgIpc) is 2.93. The third kappa shape index (κ3) is 2.70. The second-order valence-electron chi connectivity index (χ2n) is 4.68. The summed E-state index contributed by atoms with van der Waals surface area (Å²) in [5.41, 5.74) is 0.981. The molecular formula is C12H19N3O3. The molecule has 2 rings (SSSR count). The number of rotatable bonds is 5. The molecule has 100 valence electrons. The standard InChI is InChI=1S/C12H19N3O3/c1-15-11(10(6-14-15)12(16)17)7-13-8-3-4-9(5-8)18-2/h6,8-9,13H,3-5,7H2,1-2H3,(H,16,17). The molecule has 0 aliphatic heterocycles. The number of aryl methyl sites for hydroxylation is 1. The molecule has 1 fully saturated rings. The van der Waals surface area contributed by atoms with Crippen LogP contribution in [0.4, 0.5) is 0 Å². The Morgan fingerprint density at radius 1 is 1.67 bits per heavy atom. The lowest BCUT2D eigenvalue weighted by Crippen LogP contribution is -2.28. The predicted molar refractivity (Wildman–Crippen MR) is 65.4 cm³/mol. The Morgan fingerprint density at radius 2 is 2.44 bits per heavy atom. The van der Waals surface area contributed by atoms with Gasteiger partial charge in [-0.15, -0.1) is 0 Å². The first-order valence-electron chi connectivity index (χ1n) is 6.12. The summed E-state index contributed by atoms with van der Waals surface area (Å²) >= 11 is 0. The fourth-order valence-electron chi connectivity index (χ4n) is 2.43. The maximum absolute atomic E-state index is 11.0. The van der Waals surface area contributed by atoms with Gasteiger partial charge in [0.15, 0.2) is 0 Å². The minimum absolute atomic E-state index is 0.270. The van der Waals surface area contributed by atoms with Gasteiger partial charge in [0.1, 0.15) is 5.56 Å². The van der Waals surface area contributed by atoms with E-state index in [9.17, 15) is 4.79 Å². The lowest BCUT2D eigenvalue weighted by Gasteiger charge is -2.13. The Bertz CT molecular complexity index is 430. The minimum Gasteiger partial charge on any atom is -0.478 e. The van der Waals surface area contributed by atoms with Crippen LogP contribution in [0.3, 0.4) is 0 Å². The van der Waals surface area contributed by atoms with Crippen LogP contribution in [0.25, 0.3) is 0 Å². The van der Waals surface area contributed by atoms with Crippen LogP contribution in [0, 0.1) is 0 Å². The summed E-state index contributed by atoms with van der Waals surface area (Å²) in [6.07, 6.45) is 4.83. The molecule has 6 nitrogen and oxygen atoms in total. The fraction of sp³-hybridized carbons (Fsp3) is 0.667. The molecule has 1 heterocycles. The normalized spacial score (nSPS) is 23.4. The number of hydrogen-bond donors (Lipinski definition) is 2. The highest BCUT2D eigenvalue weighted by Crippen LogP contribution is 2.21. The maximum Gasteiger partial charge on any atom is 0.339 e. The molecule has 1 aromatic heterocycles. The van der Waals surface area contributed by atoms with Crippen LogP contribution in [0.2, 0.25) is 0 Å². The molecule has 0 aromatic carbocycles. The van der Waals surface area contributed by atoms with Gasteiger partial charge < -0.3 is 15.2 Å². The third-order valence-electron chi connectivity index (χ3n) is 3.57. The van der Waals surface area contributed by atoms with Crippen molar-refractivity contribution in [2.24, 2.45) is 7.05 Å². The molecule has 1 aliphatic rings. The van der Waals surface area contributed by atoms with Crippen LogP contribution >= 0.6 is 0 Å². The van der Waals surface area contributed by atoms with Crippen molar-refractivity contribution in [1.82, 2.24) is 15.1 Å². The second-order valence-corrected chi connectivity index (χ2v) is 4.68. The highest BCUT2D eigenvalue weighted by Gasteiger charge is 2.24. The van der Waals surface area contributed by atoms with Crippen LogP contribution in [0.1, 0.15) is 35.3 Å². The first kappa shape index (κ1) is 13.0. The molecule has 2 unspecified atom stereocenters. The number of nitrogens with zero attached hydrogens (tertiary/aromatic N) is 2. The highest BCUT2D eigenvalue weighted by molar-refractivity contribution is 5.88. The molecule has 0 bridgehead atoms. The third-order valence-corrected chi connectivity index (χ3v) is 3.57. The summed E-state index contributed by atoms with van der Waals surface area (Å²) in [7, 11) is 3.49. The van der Waals surface area contributed by atoms with E-state index in [0.29, 0.717) is 24.4 Å². The quantitative estimate of drug-likeness (QED) is 0.810. The lowest BCUT2D eigenvalue weighted by atomic mass is 10.2.